The first kappa shape index (κ1) is 21.9. The lowest BCUT2D eigenvalue weighted by Gasteiger charge is -2.22. The van der Waals surface area contributed by atoms with Crippen molar-refractivity contribution < 1.29 is 14.3 Å². The number of carbonyl (C=O) groups excluding carboxylic acids is 2. The molecule has 30 heavy (non-hydrogen) atoms. The number of hydrogen-bond donors (Lipinski definition) is 1. The van der Waals surface area contributed by atoms with Gasteiger partial charge in [0, 0.05) is 16.3 Å². The predicted octanol–water partition coefficient (Wildman–Crippen LogP) is 4.97. The van der Waals surface area contributed by atoms with E-state index in [-0.39, 0.29) is 23.3 Å². The molecular weight excluding hydrogens is 416 g/mol. The van der Waals surface area contributed by atoms with E-state index in [2.05, 4.69) is 5.32 Å². The molecule has 7 heteroatoms. The summed E-state index contributed by atoms with van der Waals surface area (Å²) < 4.78 is 5.21. The van der Waals surface area contributed by atoms with Crippen LogP contribution in [-0.4, -0.2) is 30.4 Å². The molecule has 5 nitrogen and oxygen atoms in total. The largest absolute Gasteiger partial charge is 0.497 e. The zero-order chi connectivity index (χ0) is 21.3. The van der Waals surface area contributed by atoms with Crippen LogP contribution in [0.2, 0.25) is 0 Å². The van der Waals surface area contributed by atoms with Crippen LogP contribution >= 0.6 is 23.1 Å². The maximum Gasteiger partial charge on any atom is 0.237 e. The monoisotopic (exact) mass is 440 g/mol. The number of ether oxygens (including phenoxy) is 1. The summed E-state index contributed by atoms with van der Waals surface area (Å²) in [4.78, 5) is 28.0. The molecule has 0 fully saturated rings. The number of nitrogens with zero attached hydrogens (tertiary/aromatic N) is 1. The molecule has 0 unspecified atom stereocenters. The summed E-state index contributed by atoms with van der Waals surface area (Å²) in [6, 6.07) is 19.0. The topological polar surface area (TPSA) is 58.6 Å². The third kappa shape index (κ3) is 6.37. The van der Waals surface area contributed by atoms with E-state index in [1.807, 2.05) is 73.0 Å². The summed E-state index contributed by atoms with van der Waals surface area (Å²) in [5.41, 5.74) is 2.70. The SMILES string of the molecule is COc1ccc(N(Cc2cccs2)C(=O)CSCC(=O)Nc2ccc(C)cc2)cc1. The van der Waals surface area contributed by atoms with Gasteiger partial charge in [0.1, 0.15) is 5.75 Å². The highest BCUT2D eigenvalue weighted by molar-refractivity contribution is 8.00. The fraction of sp³-hybridized carbons (Fsp3) is 0.217. The van der Waals surface area contributed by atoms with Gasteiger partial charge in [-0.2, -0.15) is 0 Å². The van der Waals surface area contributed by atoms with Gasteiger partial charge >= 0.3 is 0 Å². The van der Waals surface area contributed by atoms with Gasteiger partial charge in [0.15, 0.2) is 0 Å². The number of benzene rings is 2. The molecule has 0 saturated heterocycles. The Labute approximate surface area is 185 Å². The van der Waals surface area contributed by atoms with E-state index in [1.54, 1.807) is 23.3 Å². The van der Waals surface area contributed by atoms with Crippen LogP contribution in [0.1, 0.15) is 10.4 Å². The summed E-state index contributed by atoms with van der Waals surface area (Å²) in [6.07, 6.45) is 0. The van der Waals surface area contributed by atoms with Crippen LogP contribution in [0, 0.1) is 6.92 Å². The van der Waals surface area contributed by atoms with E-state index in [1.165, 1.54) is 11.8 Å². The van der Waals surface area contributed by atoms with Gasteiger partial charge in [0.25, 0.3) is 0 Å². The van der Waals surface area contributed by atoms with E-state index in [0.717, 1.165) is 27.6 Å². The molecule has 0 aliphatic rings. The standard InChI is InChI=1S/C23H24N2O3S2/c1-17-5-7-18(8-6-17)24-22(26)15-29-16-23(27)25(14-21-4-3-13-30-21)19-9-11-20(28-2)12-10-19/h3-13H,14-16H2,1-2H3,(H,24,26). The Kier molecular flexibility index (Phi) is 7.93. The minimum atomic E-state index is -0.120. The Morgan fingerprint density at radius 3 is 2.40 bits per heavy atom. The van der Waals surface area contributed by atoms with Gasteiger partial charge < -0.3 is 15.0 Å². The number of nitrogens with one attached hydrogen (secondary N) is 1. The minimum Gasteiger partial charge on any atom is -0.497 e. The van der Waals surface area contributed by atoms with E-state index in [4.69, 9.17) is 4.74 Å². The van der Waals surface area contributed by atoms with Crippen molar-refractivity contribution in [3.05, 3.63) is 76.5 Å². The molecule has 0 aliphatic carbocycles. The third-order valence-electron chi connectivity index (χ3n) is 4.37. The fourth-order valence-corrected chi connectivity index (χ4v) is 4.17. The van der Waals surface area contributed by atoms with E-state index < -0.39 is 0 Å². The quantitative estimate of drug-likeness (QED) is 0.510. The molecule has 156 valence electrons. The fourth-order valence-electron chi connectivity index (χ4n) is 2.79. The van der Waals surface area contributed by atoms with Crippen LogP contribution in [0.25, 0.3) is 0 Å². The van der Waals surface area contributed by atoms with Crippen molar-refractivity contribution in [2.24, 2.45) is 0 Å². The maximum absolute atomic E-state index is 12.9. The zero-order valence-corrected chi connectivity index (χ0v) is 18.6. The lowest BCUT2D eigenvalue weighted by atomic mass is 10.2. The van der Waals surface area contributed by atoms with Gasteiger partial charge in [0.05, 0.1) is 25.2 Å². The second-order valence-electron chi connectivity index (χ2n) is 6.66. The van der Waals surface area contributed by atoms with Crippen molar-refractivity contribution in [2.75, 3.05) is 28.8 Å². The zero-order valence-electron chi connectivity index (χ0n) is 17.0. The summed E-state index contributed by atoms with van der Waals surface area (Å²) in [7, 11) is 1.61. The summed E-state index contributed by atoms with van der Waals surface area (Å²) in [5.74, 6) is 1.02. The summed E-state index contributed by atoms with van der Waals surface area (Å²) >= 11 is 2.92. The lowest BCUT2D eigenvalue weighted by molar-refractivity contribution is -0.116. The molecule has 3 aromatic rings. The van der Waals surface area contributed by atoms with Gasteiger partial charge in [-0.3, -0.25) is 9.59 Å². The van der Waals surface area contributed by atoms with Gasteiger partial charge in [0.2, 0.25) is 11.8 Å². The summed E-state index contributed by atoms with van der Waals surface area (Å²) in [5, 5.41) is 4.85. The highest BCUT2D eigenvalue weighted by Gasteiger charge is 2.17. The molecule has 0 aliphatic heterocycles. The van der Waals surface area contributed by atoms with Crippen LogP contribution in [0.15, 0.2) is 66.0 Å². The number of aryl methyl sites for hydroxylation is 1. The molecule has 0 saturated carbocycles. The number of hydrogen-bond acceptors (Lipinski definition) is 5. The molecule has 3 rings (SSSR count). The first-order valence-corrected chi connectivity index (χ1v) is 11.5. The van der Waals surface area contributed by atoms with Crippen molar-refractivity contribution in [1.82, 2.24) is 0 Å². The molecule has 0 bridgehead atoms. The van der Waals surface area contributed by atoms with Crippen LogP contribution in [0.4, 0.5) is 11.4 Å². The van der Waals surface area contributed by atoms with Gasteiger partial charge in [-0.1, -0.05) is 23.8 Å². The highest BCUT2D eigenvalue weighted by Crippen LogP contribution is 2.24. The molecule has 2 aromatic carbocycles. The Hall–Kier alpha value is -2.77. The Morgan fingerprint density at radius 2 is 1.77 bits per heavy atom. The minimum absolute atomic E-state index is 0.0401. The summed E-state index contributed by atoms with van der Waals surface area (Å²) in [6.45, 7) is 2.50. The Bertz CT molecular complexity index is 955. The van der Waals surface area contributed by atoms with Crippen LogP contribution in [0.5, 0.6) is 5.75 Å². The smallest absolute Gasteiger partial charge is 0.237 e. The molecular formula is C23H24N2O3S2. The number of thioether (sulfide) groups is 1. The molecule has 0 spiro atoms. The van der Waals surface area contributed by atoms with Gasteiger partial charge in [-0.15, -0.1) is 23.1 Å². The van der Waals surface area contributed by atoms with Crippen LogP contribution in [-0.2, 0) is 16.1 Å². The number of rotatable bonds is 9. The van der Waals surface area contributed by atoms with Crippen LogP contribution in [0.3, 0.4) is 0 Å². The van der Waals surface area contributed by atoms with Crippen LogP contribution < -0.4 is 15.0 Å². The molecule has 1 aromatic heterocycles. The van der Waals surface area contributed by atoms with Crippen molar-refractivity contribution in [3.63, 3.8) is 0 Å². The first-order chi connectivity index (χ1) is 14.5. The van der Waals surface area contributed by atoms with E-state index in [0.29, 0.717) is 6.54 Å². The second kappa shape index (κ2) is 10.8. The van der Waals surface area contributed by atoms with Crippen molar-refractivity contribution in [1.29, 1.82) is 0 Å². The van der Waals surface area contributed by atoms with Gasteiger partial charge in [-0.05, 0) is 54.8 Å². The van der Waals surface area contributed by atoms with Crippen molar-refractivity contribution in [3.8, 4) is 5.75 Å². The molecule has 0 atom stereocenters. The Morgan fingerprint density at radius 1 is 1.03 bits per heavy atom. The van der Waals surface area contributed by atoms with E-state index >= 15 is 0 Å². The molecule has 0 radical (unpaired) electrons. The molecule has 1 N–H and O–H groups in total. The Balaban J connectivity index is 1.58. The van der Waals surface area contributed by atoms with E-state index in [9.17, 15) is 9.59 Å². The number of anilines is 2. The lowest BCUT2D eigenvalue weighted by Crippen LogP contribution is -2.32. The maximum atomic E-state index is 12.9. The van der Waals surface area contributed by atoms with Crippen molar-refractivity contribution in [2.45, 2.75) is 13.5 Å². The first-order valence-electron chi connectivity index (χ1n) is 9.46. The number of amides is 2. The predicted molar refractivity (Wildman–Crippen MR) is 126 cm³/mol. The second-order valence-corrected chi connectivity index (χ2v) is 8.68. The average molecular weight is 441 g/mol. The number of methoxy groups -OCH3 is 1. The normalized spacial score (nSPS) is 10.5. The van der Waals surface area contributed by atoms with Crippen molar-refractivity contribution >= 4 is 46.3 Å². The number of carbonyl (C=O) groups is 2. The third-order valence-corrected chi connectivity index (χ3v) is 6.15. The average Bonchev–Trinajstić information content (AvgIpc) is 3.27. The number of thiophene rings is 1. The molecule has 1 heterocycles. The molecule has 2 amide bonds. The highest BCUT2D eigenvalue weighted by atomic mass is 32.2. The van der Waals surface area contributed by atoms with Gasteiger partial charge in [-0.25, -0.2) is 0 Å².